The fourth-order valence-corrected chi connectivity index (χ4v) is 3.42. The maximum absolute atomic E-state index is 12.3. The maximum Gasteiger partial charge on any atom is 0.321 e. The smallest absolute Gasteiger partial charge is 0.321 e. The van der Waals surface area contributed by atoms with Gasteiger partial charge in [0, 0.05) is 24.5 Å². The molecule has 1 saturated heterocycles. The Morgan fingerprint density at radius 1 is 1.40 bits per heavy atom. The minimum Gasteiger partial charge on any atom is -0.481 e. The summed E-state index contributed by atoms with van der Waals surface area (Å²) in [7, 11) is 1.36. The second-order valence-electron chi connectivity index (χ2n) is 5.82. The van der Waals surface area contributed by atoms with E-state index in [4.69, 9.17) is 5.11 Å². The number of nitrogens with one attached hydrogen (secondary N) is 1. The van der Waals surface area contributed by atoms with Gasteiger partial charge in [-0.1, -0.05) is 12.1 Å². The van der Waals surface area contributed by atoms with Gasteiger partial charge >= 0.3 is 18.0 Å². The van der Waals surface area contributed by atoms with E-state index in [1.165, 1.54) is 18.9 Å². The first kappa shape index (κ1) is 19.1. The highest BCUT2D eigenvalue weighted by atomic mass is 32.2. The molecule has 2 N–H and O–H groups in total. The van der Waals surface area contributed by atoms with Crippen LogP contribution in [0.1, 0.15) is 18.4 Å². The number of benzene rings is 1. The Labute approximate surface area is 150 Å². The van der Waals surface area contributed by atoms with Crippen molar-refractivity contribution in [2.75, 3.05) is 31.3 Å². The van der Waals surface area contributed by atoms with E-state index in [1.54, 1.807) is 11.0 Å². The third-order valence-corrected chi connectivity index (χ3v) is 4.93. The predicted octanol–water partition coefficient (Wildman–Crippen LogP) is 2.42. The fourth-order valence-electron chi connectivity index (χ4n) is 2.62. The summed E-state index contributed by atoms with van der Waals surface area (Å²) in [4.78, 5) is 36.1. The number of hydrogen-bond donors (Lipinski definition) is 2. The maximum atomic E-state index is 12.3. The molecule has 25 heavy (non-hydrogen) atoms. The van der Waals surface area contributed by atoms with Crippen molar-refractivity contribution < 1.29 is 24.2 Å². The van der Waals surface area contributed by atoms with Gasteiger partial charge < -0.3 is 20.1 Å². The number of methoxy groups -OCH3 is 1. The minimum atomic E-state index is -0.859. The predicted molar refractivity (Wildman–Crippen MR) is 95.6 cm³/mol. The van der Waals surface area contributed by atoms with Crippen LogP contribution in [-0.2, 0) is 20.1 Å². The van der Waals surface area contributed by atoms with Gasteiger partial charge in [0.1, 0.15) is 0 Å². The molecule has 1 unspecified atom stereocenters. The average Bonchev–Trinajstić information content (AvgIpc) is 2.62. The number of carboxylic acid groups (broad SMARTS) is 1. The lowest BCUT2D eigenvalue weighted by Gasteiger charge is -2.30. The number of esters is 1. The Balaban J connectivity index is 1.89. The molecule has 136 valence electrons. The number of carbonyl (C=O) groups is 3. The molecule has 2 amide bonds. The summed E-state index contributed by atoms with van der Waals surface area (Å²) in [6.07, 6.45) is 1.29. The van der Waals surface area contributed by atoms with Crippen LogP contribution in [0.5, 0.6) is 0 Å². The number of carbonyl (C=O) groups excluding carboxylic acids is 2. The topological polar surface area (TPSA) is 95.9 Å². The van der Waals surface area contributed by atoms with Crippen LogP contribution in [0, 0.1) is 5.92 Å². The Hall–Kier alpha value is -2.22. The van der Waals surface area contributed by atoms with Crippen LogP contribution in [0.3, 0.4) is 0 Å². The zero-order valence-corrected chi connectivity index (χ0v) is 14.9. The Bertz CT molecular complexity index is 637. The summed E-state index contributed by atoms with van der Waals surface area (Å²) in [6, 6.07) is 7.10. The molecular formula is C17H22N2O5S. The first-order chi connectivity index (χ1) is 12.0. The number of thioether (sulfide) groups is 1. The quantitative estimate of drug-likeness (QED) is 0.751. The number of amides is 2. The van der Waals surface area contributed by atoms with Crippen LogP contribution in [0.15, 0.2) is 24.3 Å². The highest BCUT2D eigenvalue weighted by molar-refractivity contribution is 7.99. The average molecular weight is 366 g/mol. The van der Waals surface area contributed by atoms with Gasteiger partial charge in [0.2, 0.25) is 0 Å². The summed E-state index contributed by atoms with van der Waals surface area (Å²) in [6.45, 7) is 0.792. The molecular weight excluding hydrogens is 344 g/mol. The number of rotatable bonds is 6. The molecule has 0 spiro atoms. The summed E-state index contributed by atoms with van der Waals surface area (Å²) in [5, 5.41) is 11.9. The first-order valence-corrected chi connectivity index (χ1v) is 9.17. The van der Waals surface area contributed by atoms with E-state index in [2.05, 4.69) is 10.1 Å². The molecule has 1 aromatic carbocycles. The molecule has 0 saturated carbocycles. The number of anilines is 1. The summed E-state index contributed by atoms with van der Waals surface area (Å²) < 4.78 is 4.59. The molecule has 0 bridgehead atoms. The first-order valence-electron chi connectivity index (χ1n) is 8.02. The van der Waals surface area contributed by atoms with E-state index >= 15 is 0 Å². The third-order valence-electron chi connectivity index (χ3n) is 3.95. The van der Waals surface area contributed by atoms with Gasteiger partial charge in [0.15, 0.2) is 0 Å². The highest BCUT2D eigenvalue weighted by Crippen LogP contribution is 2.20. The van der Waals surface area contributed by atoms with Crippen molar-refractivity contribution in [1.29, 1.82) is 0 Å². The van der Waals surface area contributed by atoms with E-state index in [0.717, 1.165) is 5.56 Å². The largest absolute Gasteiger partial charge is 0.481 e. The van der Waals surface area contributed by atoms with Gasteiger partial charge in [-0.3, -0.25) is 9.59 Å². The molecule has 2 rings (SSSR count). The number of likely N-dealkylation sites (tertiary alicyclic amines) is 1. The van der Waals surface area contributed by atoms with E-state index in [1.807, 2.05) is 18.2 Å². The van der Waals surface area contributed by atoms with Gasteiger partial charge in [0.25, 0.3) is 0 Å². The highest BCUT2D eigenvalue weighted by Gasteiger charge is 2.28. The molecule has 1 atom stereocenters. The molecule has 0 radical (unpaired) electrons. The summed E-state index contributed by atoms with van der Waals surface area (Å²) in [5.74, 6) is -0.726. The number of urea groups is 1. The number of hydrogen-bond acceptors (Lipinski definition) is 5. The molecule has 1 heterocycles. The van der Waals surface area contributed by atoms with Gasteiger partial charge in [0.05, 0.1) is 18.8 Å². The second-order valence-corrected chi connectivity index (χ2v) is 6.81. The number of aliphatic carboxylic acids is 1. The number of piperidine rings is 1. The van der Waals surface area contributed by atoms with E-state index < -0.39 is 11.9 Å². The van der Waals surface area contributed by atoms with Crippen LogP contribution >= 0.6 is 11.8 Å². The molecule has 7 nitrogen and oxygen atoms in total. The fraction of sp³-hybridized carbons (Fsp3) is 0.471. The van der Waals surface area contributed by atoms with Crippen molar-refractivity contribution >= 4 is 35.4 Å². The van der Waals surface area contributed by atoms with Gasteiger partial charge in [-0.2, -0.15) is 0 Å². The Morgan fingerprint density at radius 2 is 2.20 bits per heavy atom. The van der Waals surface area contributed by atoms with Crippen molar-refractivity contribution in [2.45, 2.75) is 18.6 Å². The van der Waals surface area contributed by atoms with Crippen LogP contribution < -0.4 is 5.32 Å². The molecule has 0 aromatic heterocycles. The van der Waals surface area contributed by atoms with Crippen LogP contribution in [0.4, 0.5) is 10.5 Å². The molecule has 1 aliphatic rings. The third kappa shape index (κ3) is 5.97. The summed E-state index contributed by atoms with van der Waals surface area (Å²) >= 11 is 1.44. The number of ether oxygens (including phenoxy) is 1. The van der Waals surface area contributed by atoms with Crippen LogP contribution in [0.2, 0.25) is 0 Å². The van der Waals surface area contributed by atoms with E-state index in [-0.39, 0.29) is 24.3 Å². The monoisotopic (exact) mass is 366 g/mol. The van der Waals surface area contributed by atoms with Gasteiger partial charge in [-0.15, -0.1) is 11.8 Å². The Morgan fingerprint density at radius 3 is 2.92 bits per heavy atom. The Kier molecular flexibility index (Phi) is 7.12. The van der Waals surface area contributed by atoms with Crippen LogP contribution in [-0.4, -0.2) is 53.9 Å². The number of nitrogens with zero attached hydrogens (tertiary/aromatic N) is 1. The lowest BCUT2D eigenvalue weighted by Crippen LogP contribution is -2.44. The van der Waals surface area contributed by atoms with Gasteiger partial charge in [-0.05, 0) is 30.5 Å². The van der Waals surface area contributed by atoms with Crippen molar-refractivity contribution in [2.24, 2.45) is 5.92 Å². The molecule has 8 heteroatoms. The van der Waals surface area contributed by atoms with Crippen molar-refractivity contribution in [3.05, 3.63) is 29.8 Å². The minimum absolute atomic E-state index is 0.232. The van der Waals surface area contributed by atoms with Crippen LogP contribution in [0.25, 0.3) is 0 Å². The lowest BCUT2D eigenvalue weighted by atomic mass is 9.99. The molecule has 0 aliphatic carbocycles. The number of carboxylic acids is 1. The zero-order valence-electron chi connectivity index (χ0n) is 14.1. The molecule has 1 fully saturated rings. The zero-order chi connectivity index (χ0) is 18.2. The second kappa shape index (κ2) is 9.31. The lowest BCUT2D eigenvalue weighted by molar-refractivity contribution is -0.143. The van der Waals surface area contributed by atoms with E-state index in [0.29, 0.717) is 30.8 Å². The van der Waals surface area contributed by atoms with Crippen molar-refractivity contribution in [3.8, 4) is 0 Å². The SMILES string of the molecule is COC(=O)CSCc1cccc(NC(=O)N2CCCC(C(=O)O)C2)c1. The van der Waals surface area contributed by atoms with Gasteiger partial charge in [-0.25, -0.2) is 4.79 Å². The van der Waals surface area contributed by atoms with E-state index in [9.17, 15) is 14.4 Å². The normalized spacial score (nSPS) is 17.0. The van der Waals surface area contributed by atoms with Crippen molar-refractivity contribution in [3.63, 3.8) is 0 Å². The van der Waals surface area contributed by atoms with Crippen molar-refractivity contribution in [1.82, 2.24) is 4.90 Å². The standard InChI is InChI=1S/C17H22N2O5S/c1-24-15(20)11-25-10-12-4-2-6-14(8-12)18-17(23)19-7-3-5-13(9-19)16(21)22/h2,4,6,8,13H,3,5,7,9-11H2,1H3,(H,18,23)(H,21,22). The summed E-state index contributed by atoms with van der Waals surface area (Å²) in [5.41, 5.74) is 1.63. The molecule has 1 aliphatic heterocycles. The molecule has 1 aromatic rings.